The summed E-state index contributed by atoms with van der Waals surface area (Å²) in [6.45, 7) is 1.80. The number of carbonyl (C=O) groups is 2. The summed E-state index contributed by atoms with van der Waals surface area (Å²) in [5, 5.41) is 8.89. The maximum Gasteiger partial charge on any atom is 0.267 e. The second kappa shape index (κ2) is 7.55. The fraction of sp³-hybridized carbons (Fsp3) is 0.200. The molecule has 28 heavy (non-hydrogen) atoms. The molecule has 7 nitrogen and oxygen atoms in total. The van der Waals surface area contributed by atoms with E-state index in [2.05, 4.69) is 31.3 Å². The fourth-order valence-corrected chi connectivity index (χ4v) is 3.51. The lowest BCUT2D eigenvalue weighted by Crippen LogP contribution is -2.34. The molecule has 1 atom stereocenters. The van der Waals surface area contributed by atoms with Crippen LogP contribution in [0, 0.1) is 0 Å². The Labute approximate surface area is 170 Å². The normalized spacial score (nSPS) is 16.3. The van der Waals surface area contributed by atoms with Crippen LogP contribution in [0.3, 0.4) is 0 Å². The minimum atomic E-state index is -0.462. The lowest BCUT2D eigenvalue weighted by molar-refractivity contribution is -0.118. The Morgan fingerprint density at radius 3 is 2.71 bits per heavy atom. The zero-order valence-electron chi connectivity index (χ0n) is 15.2. The Bertz CT molecular complexity index is 1080. The molecular weight excluding hydrogens is 422 g/mol. The van der Waals surface area contributed by atoms with Gasteiger partial charge >= 0.3 is 0 Å². The second-order valence-corrected chi connectivity index (χ2v) is 7.50. The van der Waals surface area contributed by atoms with Crippen LogP contribution in [0.25, 0.3) is 5.65 Å². The largest absolute Gasteiger partial charge is 0.345 e. The molecule has 0 saturated carbocycles. The molecule has 0 fully saturated rings. The van der Waals surface area contributed by atoms with E-state index in [0.29, 0.717) is 5.71 Å². The van der Waals surface area contributed by atoms with Crippen molar-refractivity contribution in [2.75, 3.05) is 5.01 Å². The van der Waals surface area contributed by atoms with Crippen molar-refractivity contribution in [2.24, 2.45) is 5.10 Å². The summed E-state index contributed by atoms with van der Waals surface area (Å²) in [6, 6.07) is 12.7. The predicted octanol–water partition coefficient (Wildman–Crippen LogP) is 2.94. The van der Waals surface area contributed by atoms with Crippen molar-refractivity contribution in [3.05, 3.63) is 65.0 Å². The quantitative estimate of drug-likeness (QED) is 0.662. The molecular formula is C20H18BrN5O2. The Balaban J connectivity index is 1.48. The van der Waals surface area contributed by atoms with Crippen molar-refractivity contribution in [1.82, 2.24) is 14.7 Å². The molecule has 0 radical (unpaired) electrons. The van der Waals surface area contributed by atoms with Gasteiger partial charge in [0.15, 0.2) is 5.78 Å². The molecule has 142 valence electrons. The van der Waals surface area contributed by atoms with Crippen molar-refractivity contribution >= 4 is 44.7 Å². The van der Waals surface area contributed by atoms with E-state index >= 15 is 0 Å². The average molecular weight is 440 g/mol. The van der Waals surface area contributed by atoms with E-state index in [1.807, 2.05) is 59.3 Å². The first-order valence-electron chi connectivity index (χ1n) is 8.85. The molecule has 0 aliphatic carbocycles. The first-order valence-corrected chi connectivity index (χ1v) is 9.64. The van der Waals surface area contributed by atoms with E-state index in [4.69, 9.17) is 0 Å². The minimum absolute atomic E-state index is 0.0265. The molecule has 1 N–H and O–H groups in total. The minimum Gasteiger partial charge on any atom is -0.345 e. The van der Waals surface area contributed by atoms with E-state index in [0.717, 1.165) is 21.5 Å². The van der Waals surface area contributed by atoms with Crippen LogP contribution in [-0.4, -0.2) is 32.8 Å². The number of nitrogens with zero attached hydrogens (tertiary/aromatic N) is 4. The number of Topliss-reactive ketones (excluding diaryl/α,β-unsaturated/α-hetero) is 1. The lowest BCUT2D eigenvalue weighted by atomic mass is 10.1. The van der Waals surface area contributed by atoms with Crippen LogP contribution >= 0.6 is 15.9 Å². The maximum absolute atomic E-state index is 12.6. The number of fused-ring (bicyclic) bond motifs is 1. The van der Waals surface area contributed by atoms with Gasteiger partial charge in [-0.05, 0) is 47.1 Å². The third-order valence-electron chi connectivity index (χ3n) is 4.56. The molecule has 1 aliphatic heterocycles. The summed E-state index contributed by atoms with van der Waals surface area (Å²) in [7, 11) is 0. The summed E-state index contributed by atoms with van der Waals surface area (Å²) in [4.78, 5) is 29.1. The van der Waals surface area contributed by atoms with Gasteiger partial charge in [-0.1, -0.05) is 18.2 Å². The Morgan fingerprint density at radius 1 is 1.18 bits per heavy atom. The molecule has 4 rings (SSSR count). The number of carbonyl (C=O) groups excluding carboxylic acids is 2. The van der Waals surface area contributed by atoms with Crippen molar-refractivity contribution in [3.63, 3.8) is 0 Å². The number of imidazole rings is 1. The van der Waals surface area contributed by atoms with Gasteiger partial charge in [0.25, 0.3) is 5.91 Å². The number of hydrazone groups is 1. The highest BCUT2D eigenvalue weighted by Gasteiger charge is 2.34. The smallest absolute Gasteiger partial charge is 0.267 e. The third kappa shape index (κ3) is 3.68. The number of amides is 1. The van der Waals surface area contributed by atoms with Gasteiger partial charge < -0.3 is 9.72 Å². The number of aromatic nitrogens is 2. The topological polar surface area (TPSA) is 79.1 Å². The monoisotopic (exact) mass is 439 g/mol. The number of rotatable bonds is 5. The Hall–Kier alpha value is -3.00. The number of halogens is 1. The van der Waals surface area contributed by atoms with E-state index in [-0.39, 0.29) is 24.7 Å². The van der Waals surface area contributed by atoms with Gasteiger partial charge in [-0.2, -0.15) is 5.10 Å². The first-order chi connectivity index (χ1) is 13.5. The van der Waals surface area contributed by atoms with Crippen molar-refractivity contribution in [2.45, 2.75) is 25.9 Å². The number of para-hydroxylation sites is 1. The summed E-state index contributed by atoms with van der Waals surface area (Å²) in [5.41, 5.74) is 2.68. The van der Waals surface area contributed by atoms with Crippen molar-refractivity contribution in [1.29, 1.82) is 0 Å². The van der Waals surface area contributed by atoms with Crippen LogP contribution in [0.2, 0.25) is 0 Å². The second-order valence-electron chi connectivity index (χ2n) is 6.59. The van der Waals surface area contributed by atoms with E-state index in [1.54, 1.807) is 5.01 Å². The maximum atomic E-state index is 12.6. The van der Waals surface area contributed by atoms with Gasteiger partial charge in [0.1, 0.15) is 17.4 Å². The number of ketones is 1. The van der Waals surface area contributed by atoms with Gasteiger partial charge in [0.2, 0.25) is 0 Å². The number of pyridine rings is 1. The highest BCUT2D eigenvalue weighted by atomic mass is 79.9. The van der Waals surface area contributed by atoms with E-state index in [1.165, 1.54) is 6.92 Å². The molecule has 1 unspecified atom stereocenters. The van der Waals surface area contributed by atoms with E-state index in [9.17, 15) is 9.59 Å². The molecule has 0 spiro atoms. The van der Waals surface area contributed by atoms with Gasteiger partial charge in [-0.15, -0.1) is 0 Å². The molecule has 3 heterocycles. The van der Waals surface area contributed by atoms with Crippen LogP contribution in [0.4, 0.5) is 5.69 Å². The van der Waals surface area contributed by atoms with Crippen molar-refractivity contribution in [3.8, 4) is 0 Å². The number of benzene rings is 1. The highest BCUT2D eigenvalue weighted by Crippen LogP contribution is 2.25. The molecule has 3 aromatic rings. The average Bonchev–Trinajstić information content (AvgIpc) is 3.31. The summed E-state index contributed by atoms with van der Waals surface area (Å²) in [5.74, 6) is -0.316. The number of hydrogen-bond donors (Lipinski definition) is 1. The summed E-state index contributed by atoms with van der Waals surface area (Å²) in [6.07, 6.45) is 4.06. The van der Waals surface area contributed by atoms with Gasteiger partial charge in [0, 0.05) is 23.3 Å². The van der Waals surface area contributed by atoms with Gasteiger partial charge in [-0.3, -0.25) is 14.6 Å². The number of anilines is 1. The molecule has 8 heteroatoms. The van der Waals surface area contributed by atoms with Crippen LogP contribution < -0.4 is 10.3 Å². The number of nitrogens with one attached hydrogen (secondary N) is 1. The molecule has 0 saturated heterocycles. The van der Waals surface area contributed by atoms with E-state index < -0.39 is 6.04 Å². The molecule has 1 aliphatic rings. The van der Waals surface area contributed by atoms with Gasteiger partial charge in [0.05, 0.1) is 17.9 Å². The standard InChI is InChI=1S/C20H18BrN5O2/c1-13(27)18-9-17(24-26(18)16-5-3-2-4-6-16)20(28)22-10-15-12-25-11-14(21)7-8-19(25)23-15/h2-8,11-12,18H,9-10H2,1H3,(H,22,28). The van der Waals surface area contributed by atoms with Crippen LogP contribution in [-0.2, 0) is 16.1 Å². The van der Waals surface area contributed by atoms with Crippen molar-refractivity contribution < 1.29 is 9.59 Å². The molecule has 2 aromatic heterocycles. The highest BCUT2D eigenvalue weighted by molar-refractivity contribution is 9.10. The lowest BCUT2D eigenvalue weighted by Gasteiger charge is -2.20. The Morgan fingerprint density at radius 2 is 1.96 bits per heavy atom. The van der Waals surface area contributed by atoms with Crippen LogP contribution in [0.5, 0.6) is 0 Å². The molecule has 1 aromatic carbocycles. The number of hydrogen-bond acceptors (Lipinski definition) is 5. The SMILES string of the molecule is CC(=O)C1CC(C(=O)NCc2cn3cc(Br)ccc3n2)=NN1c1ccccc1. The zero-order valence-corrected chi connectivity index (χ0v) is 16.8. The zero-order chi connectivity index (χ0) is 19.7. The van der Waals surface area contributed by atoms with Crippen LogP contribution in [0.15, 0.2) is 64.4 Å². The summed E-state index contributed by atoms with van der Waals surface area (Å²) < 4.78 is 2.84. The van der Waals surface area contributed by atoms with Gasteiger partial charge in [-0.25, -0.2) is 4.98 Å². The molecule has 1 amide bonds. The Kier molecular flexibility index (Phi) is 4.95. The predicted molar refractivity (Wildman–Crippen MR) is 110 cm³/mol. The summed E-state index contributed by atoms with van der Waals surface area (Å²) >= 11 is 3.42. The third-order valence-corrected chi connectivity index (χ3v) is 5.03. The molecule has 0 bridgehead atoms. The van der Waals surface area contributed by atoms with Crippen LogP contribution in [0.1, 0.15) is 19.0 Å². The first kappa shape index (κ1) is 18.4. The fourth-order valence-electron chi connectivity index (χ4n) is 3.16.